The monoisotopic (exact) mass is 353 g/mol. The first-order valence-corrected chi connectivity index (χ1v) is 9.11. The van der Waals surface area contributed by atoms with E-state index in [1.54, 1.807) is 7.05 Å². The average molecular weight is 354 g/mol. The minimum atomic E-state index is 0.597. The smallest absolute Gasteiger partial charge is 0.221 e. The Hall–Kier alpha value is -2.42. The molecule has 0 fully saturated rings. The van der Waals surface area contributed by atoms with Crippen molar-refractivity contribution in [1.82, 2.24) is 5.32 Å². The van der Waals surface area contributed by atoms with Crippen LogP contribution >= 0.6 is 0 Å². The van der Waals surface area contributed by atoms with Gasteiger partial charge in [0.2, 0.25) is 5.96 Å². The Kier molecular flexibility index (Phi) is 12.5. The summed E-state index contributed by atoms with van der Waals surface area (Å²) in [7, 11) is 1.72. The van der Waals surface area contributed by atoms with Gasteiger partial charge in [-0.3, -0.25) is 4.99 Å². The third kappa shape index (κ3) is 12.0. The lowest BCUT2D eigenvalue weighted by Gasteiger charge is -2.01. The summed E-state index contributed by atoms with van der Waals surface area (Å²) in [5.74, 6) is 1.43. The van der Waals surface area contributed by atoms with Crippen molar-refractivity contribution in [2.24, 2.45) is 15.9 Å². The molecule has 26 heavy (non-hydrogen) atoms. The van der Waals surface area contributed by atoms with E-state index in [4.69, 9.17) is 0 Å². The number of nitrogens with one attached hydrogen (secondary N) is 1. The SMILES string of the molecule is C/C=C/NC(=NC)/N=C(C)/C=C\C=C(/C)c1ccc(C)cc1.CC(C)C. The van der Waals surface area contributed by atoms with E-state index in [0.29, 0.717) is 5.96 Å². The molecular weight excluding hydrogens is 318 g/mol. The maximum absolute atomic E-state index is 4.40. The minimum Gasteiger partial charge on any atom is -0.331 e. The second kappa shape index (κ2) is 13.8. The largest absolute Gasteiger partial charge is 0.331 e. The minimum absolute atomic E-state index is 0.597. The number of hydrogen-bond donors (Lipinski definition) is 1. The quantitative estimate of drug-likeness (QED) is 0.391. The molecule has 0 aliphatic carbocycles. The average Bonchev–Trinajstić information content (AvgIpc) is 2.58. The fourth-order valence-electron chi connectivity index (χ4n) is 1.75. The molecular formula is C23H35N3. The van der Waals surface area contributed by atoms with Crippen LogP contribution in [-0.4, -0.2) is 18.7 Å². The molecule has 0 aliphatic heterocycles. The van der Waals surface area contributed by atoms with Gasteiger partial charge in [-0.1, -0.05) is 68.8 Å². The van der Waals surface area contributed by atoms with Gasteiger partial charge in [0.05, 0.1) is 0 Å². The van der Waals surface area contributed by atoms with Crippen molar-refractivity contribution in [3.63, 3.8) is 0 Å². The van der Waals surface area contributed by atoms with E-state index in [1.165, 1.54) is 16.7 Å². The molecule has 0 saturated heterocycles. The highest BCUT2D eigenvalue weighted by molar-refractivity contribution is 6.02. The molecule has 0 aliphatic rings. The zero-order valence-electron chi connectivity index (χ0n) is 17.7. The predicted octanol–water partition coefficient (Wildman–Crippen LogP) is 6.19. The summed E-state index contributed by atoms with van der Waals surface area (Å²) in [6, 6.07) is 8.53. The van der Waals surface area contributed by atoms with Gasteiger partial charge in [-0.2, -0.15) is 0 Å². The summed E-state index contributed by atoms with van der Waals surface area (Å²) in [6.45, 7) is 14.6. The number of nitrogens with zero attached hydrogens (tertiary/aromatic N) is 2. The summed E-state index contributed by atoms with van der Waals surface area (Å²) in [4.78, 5) is 8.48. The van der Waals surface area contributed by atoms with Crippen LogP contribution in [0.15, 0.2) is 64.8 Å². The molecule has 3 heteroatoms. The highest BCUT2D eigenvalue weighted by atomic mass is 15.1. The molecule has 1 aromatic rings. The zero-order valence-corrected chi connectivity index (χ0v) is 17.7. The highest BCUT2D eigenvalue weighted by Crippen LogP contribution is 2.14. The van der Waals surface area contributed by atoms with Gasteiger partial charge in [0.15, 0.2) is 0 Å². The maximum atomic E-state index is 4.40. The third-order valence-electron chi connectivity index (χ3n) is 3.06. The van der Waals surface area contributed by atoms with Crippen LogP contribution in [0.1, 0.15) is 52.7 Å². The maximum Gasteiger partial charge on any atom is 0.221 e. The van der Waals surface area contributed by atoms with Crippen LogP contribution in [0, 0.1) is 12.8 Å². The molecule has 142 valence electrons. The zero-order chi connectivity index (χ0) is 19.9. The molecule has 0 atom stereocenters. The Morgan fingerprint density at radius 2 is 1.65 bits per heavy atom. The fourth-order valence-corrected chi connectivity index (χ4v) is 1.75. The van der Waals surface area contributed by atoms with Crippen molar-refractivity contribution in [2.45, 2.75) is 48.5 Å². The number of aryl methyl sites for hydroxylation is 1. The Balaban J connectivity index is 0.00000141. The van der Waals surface area contributed by atoms with Crippen molar-refractivity contribution in [3.05, 3.63) is 65.9 Å². The summed E-state index contributed by atoms with van der Waals surface area (Å²) >= 11 is 0. The molecule has 3 nitrogen and oxygen atoms in total. The summed E-state index contributed by atoms with van der Waals surface area (Å²) in [5, 5.41) is 3.01. The van der Waals surface area contributed by atoms with E-state index in [0.717, 1.165) is 11.6 Å². The molecule has 0 heterocycles. The first-order chi connectivity index (χ1) is 12.3. The fraction of sp³-hybridized carbons (Fsp3) is 0.391. The first kappa shape index (κ1) is 23.6. The molecule has 0 saturated carbocycles. The number of hydrogen-bond acceptors (Lipinski definition) is 1. The molecule has 0 aromatic heterocycles. The Bertz CT molecular complexity index is 654. The van der Waals surface area contributed by atoms with Crippen molar-refractivity contribution < 1.29 is 0 Å². The lowest BCUT2D eigenvalue weighted by molar-refractivity contribution is 0.737. The van der Waals surface area contributed by atoms with Gasteiger partial charge in [-0.25, -0.2) is 4.99 Å². The van der Waals surface area contributed by atoms with Crippen LogP contribution in [0.2, 0.25) is 0 Å². The van der Waals surface area contributed by atoms with E-state index in [-0.39, 0.29) is 0 Å². The molecule has 0 spiro atoms. The van der Waals surface area contributed by atoms with Crippen LogP contribution in [0.25, 0.3) is 5.57 Å². The van der Waals surface area contributed by atoms with Gasteiger partial charge in [0.25, 0.3) is 0 Å². The van der Waals surface area contributed by atoms with E-state index >= 15 is 0 Å². The Morgan fingerprint density at radius 3 is 2.15 bits per heavy atom. The molecule has 0 radical (unpaired) electrons. The predicted molar refractivity (Wildman–Crippen MR) is 119 cm³/mol. The second-order valence-corrected chi connectivity index (χ2v) is 6.75. The van der Waals surface area contributed by atoms with Crippen LogP contribution in [0.5, 0.6) is 0 Å². The standard InChI is InChI=1S/C19H25N3.C4H10/c1-6-14-21-19(20-5)22-17(4)9-7-8-16(3)18-12-10-15(2)11-13-18;1-4(2)3/h6-14H,1-5H3,(H,20,21);4H,1-3H3/b9-7-,14-6+,16-8+,22-17+;. The van der Waals surface area contributed by atoms with Crippen molar-refractivity contribution in [2.75, 3.05) is 7.05 Å². The third-order valence-corrected chi connectivity index (χ3v) is 3.06. The number of benzene rings is 1. The number of guanidine groups is 1. The van der Waals surface area contributed by atoms with Gasteiger partial charge in [0, 0.05) is 12.8 Å². The highest BCUT2D eigenvalue weighted by Gasteiger charge is 1.94. The van der Waals surface area contributed by atoms with E-state index in [1.807, 2.05) is 38.3 Å². The molecule has 0 amide bonds. The molecule has 0 unspecified atom stereocenters. The second-order valence-electron chi connectivity index (χ2n) is 6.75. The lowest BCUT2D eigenvalue weighted by atomic mass is 10.1. The van der Waals surface area contributed by atoms with Gasteiger partial charge in [-0.15, -0.1) is 0 Å². The van der Waals surface area contributed by atoms with Gasteiger partial charge >= 0.3 is 0 Å². The lowest BCUT2D eigenvalue weighted by Crippen LogP contribution is -2.15. The summed E-state index contributed by atoms with van der Waals surface area (Å²) < 4.78 is 0. The molecule has 0 bridgehead atoms. The van der Waals surface area contributed by atoms with Crippen LogP contribution in [0.4, 0.5) is 0 Å². The topological polar surface area (TPSA) is 36.8 Å². The van der Waals surface area contributed by atoms with E-state index in [2.05, 4.69) is 80.3 Å². The summed E-state index contributed by atoms with van der Waals surface area (Å²) in [5.41, 5.74) is 4.62. The number of allylic oxidation sites excluding steroid dienone is 5. The summed E-state index contributed by atoms with van der Waals surface area (Å²) in [6.07, 6.45) is 9.78. The van der Waals surface area contributed by atoms with Crippen molar-refractivity contribution in [1.29, 1.82) is 0 Å². The van der Waals surface area contributed by atoms with E-state index < -0.39 is 0 Å². The van der Waals surface area contributed by atoms with Crippen molar-refractivity contribution >= 4 is 17.2 Å². The van der Waals surface area contributed by atoms with Gasteiger partial charge in [-0.05, 0) is 57.0 Å². The van der Waals surface area contributed by atoms with Crippen LogP contribution < -0.4 is 5.32 Å². The normalized spacial score (nSPS) is 13.3. The van der Waals surface area contributed by atoms with E-state index in [9.17, 15) is 0 Å². The molecule has 1 rings (SSSR count). The Morgan fingerprint density at radius 1 is 1.08 bits per heavy atom. The van der Waals surface area contributed by atoms with Gasteiger partial charge in [0.1, 0.15) is 0 Å². The molecule has 1 N–H and O–H groups in total. The number of aliphatic imine (C=N–C) groups is 2. The molecule has 1 aromatic carbocycles. The Labute approximate surface area is 160 Å². The number of rotatable bonds is 4. The first-order valence-electron chi connectivity index (χ1n) is 9.11. The van der Waals surface area contributed by atoms with Crippen molar-refractivity contribution in [3.8, 4) is 0 Å². The van der Waals surface area contributed by atoms with Crippen LogP contribution in [-0.2, 0) is 0 Å². The van der Waals surface area contributed by atoms with Crippen LogP contribution in [0.3, 0.4) is 0 Å². The van der Waals surface area contributed by atoms with Gasteiger partial charge < -0.3 is 5.32 Å².